The first-order chi connectivity index (χ1) is 15.0. The van der Waals surface area contributed by atoms with Crippen molar-refractivity contribution in [2.75, 3.05) is 26.7 Å². The number of aliphatic hydroxyl groups is 2. The number of β-amino-alcohol motifs (C(OH)–C–C–N with tert-alkyl or cyclic N) is 2. The number of carbonyl (C=O) groups is 2. The van der Waals surface area contributed by atoms with E-state index in [1.807, 2.05) is 38.9 Å². The van der Waals surface area contributed by atoms with Gasteiger partial charge in [-0.05, 0) is 31.7 Å². The predicted octanol–water partition coefficient (Wildman–Crippen LogP) is -0.114. The van der Waals surface area contributed by atoms with Crippen molar-refractivity contribution in [2.24, 2.45) is 5.41 Å². The standard InChI is InChI=1S/C22H36N6O4/c1-22(2,3)19(28-12-17(24-25-28)13-5-6-13)21(32)27-11-16(30)8-18(27)20(31)23-9-14-7-15(29)10-26(14)4/h12-16,18-19,29-30H,5-11H2,1-4H3,(H,23,31)/t14?,15?,16?,18?,19-/m1/s1. The van der Waals surface area contributed by atoms with Gasteiger partial charge in [-0.3, -0.25) is 14.5 Å². The third kappa shape index (κ3) is 4.82. The van der Waals surface area contributed by atoms with Crippen molar-refractivity contribution in [3.63, 3.8) is 0 Å². The highest BCUT2D eigenvalue weighted by Gasteiger charge is 2.45. The zero-order valence-corrected chi connectivity index (χ0v) is 19.4. The molecule has 1 saturated carbocycles. The lowest BCUT2D eigenvalue weighted by atomic mass is 9.85. The van der Waals surface area contributed by atoms with Gasteiger partial charge in [-0.2, -0.15) is 0 Å². The van der Waals surface area contributed by atoms with Crippen LogP contribution >= 0.6 is 0 Å². The maximum absolute atomic E-state index is 13.7. The first-order valence-corrected chi connectivity index (χ1v) is 11.6. The Morgan fingerprint density at radius 3 is 2.47 bits per heavy atom. The second-order valence-corrected chi connectivity index (χ2v) is 10.8. The third-order valence-electron chi connectivity index (χ3n) is 6.89. The molecule has 0 spiro atoms. The van der Waals surface area contributed by atoms with Crippen molar-refractivity contribution in [1.82, 2.24) is 30.1 Å². The molecule has 10 nitrogen and oxygen atoms in total. The van der Waals surface area contributed by atoms with E-state index < -0.39 is 23.6 Å². The molecule has 10 heteroatoms. The van der Waals surface area contributed by atoms with Crippen molar-refractivity contribution >= 4 is 11.8 Å². The third-order valence-corrected chi connectivity index (χ3v) is 6.89. The lowest BCUT2D eigenvalue weighted by Gasteiger charge is -2.34. The minimum Gasteiger partial charge on any atom is -0.392 e. The second kappa shape index (κ2) is 8.72. The number of rotatable bonds is 6. The van der Waals surface area contributed by atoms with E-state index in [9.17, 15) is 19.8 Å². The van der Waals surface area contributed by atoms with Gasteiger partial charge in [-0.15, -0.1) is 5.10 Å². The van der Waals surface area contributed by atoms with Gasteiger partial charge in [0.1, 0.15) is 12.1 Å². The Hall–Kier alpha value is -2.04. The summed E-state index contributed by atoms with van der Waals surface area (Å²) in [4.78, 5) is 30.3. The van der Waals surface area contributed by atoms with Gasteiger partial charge < -0.3 is 20.4 Å². The van der Waals surface area contributed by atoms with Crippen LogP contribution in [-0.2, 0) is 9.59 Å². The Bertz CT molecular complexity index is 848. The average Bonchev–Trinajstić information content (AvgIpc) is 3.16. The summed E-state index contributed by atoms with van der Waals surface area (Å²) in [6.07, 6.45) is 3.74. The van der Waals surface area contributed by atoms with E-state index in [0.717, 1.165) is 18.5 Å². The lowest BCUT2D eigenvalue weighted by molar-refractivity contribution is -0.144. The average molecular weight is 449 g/mol. The van der Waals surface area contributed by atoms with Crippen molar-refractivity contribution in [3.05, 3.63) is 11.9 Å². The monoisotopic (exact) mass is 448 g/mol. The van der Waals surface area contributed by atoms with Crippen LogP contribution < -0.4 is 5.32 Å². The number of nitrogens with one attached hydrogen (secondary N) is 1. The zero-order valence-electron chi connectivity index (χ0n) is 19.4. The molecule has 3 N–H and O–H groups in total. The van der Waals surface area contributed by atoms with Crippen LogP contribution in [0.15, 0.2) is 6.20 Å². The molecule has 0 radical (unpaired) electrons. The molecule has 1 aromatic heterocycles. The van der Waals surface area contributed by atoms with Gasteiger partial charge >= 0.3 is 0 Å². The molecule has 4 unspecified atom stereocenters. The molecule has 1 aliphatic carbocycles. The summed E-state index contributed by atoms with van der Waals surface area (Å²) < 4.78 is 1.63. The molecule has 2 amide bonds. The Labute approximate surface area is 188 Å². The number of likely N-dealkylation sites (N-methyl/N-ethyl adjacent to an activating group) is 1. The smallest absolute Gasteiger partial charge is 0.248 e. The van der Waals surface area contributed by atoms with Crippen molar-refractivity contribution < 1.29 is 19.8 Å². The molecule has 1 aromatic rings. The fourth-order valence-electron chi connectivity index (χ4n) is 4.95. The molecular weight excluding hydrogens is 412 g/mol. The number of nitrogens with zero attached hydrogens (tertiary/aromatic N) is 5. The molecule has 178 valence electrons. The SMILES string of the molecule is CN1CC(O)CC1CNC(=O)C1CC(O)CN1C(=O)[C@@H](n1cc(C2CC2)nn1)C(C)(C)C. The van der Waals surface area contributed by atoms with Crippen LogP contribution in [0.25, 0.3) is 0 Å². The number of hydrogen-bond acceptors (Lipinski definition) is 7. The predicted molar refractivity (Wildman–Crippen MR) is 117 cm³/mol. The van der Waals surface area contributed by atoms with E-state index in [0.29, 0.717) is 25.4 Å². The molecule has 3 fully saturated rings. The molecule has 5 atom stereocenters. The summed E-state index contributed by atoms with van der Waals surface area (Å²) in [6, 6.07) is -1.30. The number of aromatic nitrogens is 3. The summed E-state index contributed by atoms with van der Waals surface area (Å²) >= 11 is 0. The topological polar surface area (TPSA) is 124 Å². The Balaban J connectivity index is 1.48. The largest absolute Gasteiger partial charge is 0.392 e. The Morgan fingerprint density at radius 2 is 1.88 bits per heavy atom. The molecule has 32 heavy (non-hydrogen) atoms. The lowest BCUT2D eigenvalue weighted by Crippen LogP contribution is -2.51. The summed E-state index contributed by atoms with van der Waals surface area (Å²) in [5.41, 5.74) is 0.453. The van der Waals surface area contributed by atoms with Gasteiger partial charge in [0, 0.05) is 44.2 Å². The van der Waals surface area contributed by atoms with Crippen LogP contribution in [0.3, 0.4) is 0 Å². The maximum atomic E-state index is 13.7. The minimum absolute atomic E-state index is 0.0581. The quantitative estimate of drug-likeness (QED) is 0.555. The second-order valence-electron chi connectivity index (χ2n) is 10.8. The Kier molecular flexibility index (Phi) is 6.30. The van der Waals surface area contributed by atoms with Gasteiger partial charge in [0.2, 0.25) is 11.8 Å². The molecule has 3 heterocycles. The summed E-state index contributed by atoms with van der Waals surface area (Å²) in [6.45, 7) is 7.01. The van der Waals surface area contributed by atoms with E-state index in [4.69, 9.17) is 0 Å². The fourth-order valence-corrected chi connectivity index (χ4v) is 4.95. The maximum Gasteiger partial charge on any atom is 0.248 e. The van der Waals surface area contributed by atoms with Crippen molar-refractivity contribution in [2.45, 2.75) is 82.7 Å². The number of hydrogen-bond donors (Lipinski definition) is 3. The molecule has 3 aliphatic rings. The number of amides is 2. The van der Waals surface area contributed by atoms with E-state index in [1.54, 1.807) is 4.68 Å². The highest BCUT2D eigenvalue weighted by atomic mass is 16.3. The highest BCUT2D eigenvalue weighted by molar-refractivity contribution is 5.90. The van der Waals surface area contributed by atoms with Crippen LogP contribution in [0.4, 0.5) is 0 Å². The van der Waals surface area contributed by atoms with E-state index in [2.05, 4.69) is 15.6 Å². The normalized spacial score (nSPS) is 30.0. The van der Waals surface area contributed by atoms with Crippen molar-refractivity contribution in [1.29, 1.82) is 0 Å². The molecule has 4 rings (SSSR count). The first kappa shape index (κ1) is 23.1. The van der Waals surface area contributed by atoms with E-state index in [1.165, 1.54) is 4.90 Å². The molecule has 0 aromatic carbocycles. The van der Waals surface area contributed by atoms with E-state index in [-0.39, 0.29) is 36.9 Å². The summed E-state index contributed by atoms with van der Waals surface area (Å²) in [5.74, 6) is -0.0664. The molecule has 2 saturated heterocycles. The van der Waals surface area contributed by atoms with Gasteiger partial charge in [-0.25, -0.2) is 4.68 Å². The van der Waals surface area contributed by atoms with Crippen LogP contribution in [0.1, 0.15) is 64.1 Å². The number of carbonyl (C=O) groups excluding carboxylic acids is 2. The summed E-state index contributed by atoms with van der Waals surface area (Å²) in [7, 11) is 1.92. The molecule has 0 bridgehead atoms. The highest BCUT2D eigenvalue weighted by Crippen LogP contribution is 2.40. The molecule has 2 aliphatic heterocycles. The fraction of sp³-hybridized carbons (Fsp3) is 0.818. The Morgan fingerprint density at radius 1 is 1.19 bits per heavy atom. The van der Waals surface area contributed by atoms with Gasteiger partial charge in [-0.1, -0.05) is 26.0 Å². The number of likely N-dealkylation sites (tertiary alicyclic amines) is 2. The first-order valence-electron chi connectivity index (χ1n) is 11.6. The van der Waals surface area contributed by atoms with Crippen LogP contribution in [0.5, 0.6) is 0 Å². The van der Waals surface area contributed by atoms with Crippen LogP contribution in [0, 0.1) is 5.41 Å². The molecular formula is C22H36N6O4. The minimum atomic E-state index is -0.746. The summed E-state index contributed by atoms with van der Waals surface area (Å²) in [5, 5.41) is 31.6. The van der Waals surface area contributed by atoms with Crippen LogP contribution in [0.2, 0.25) is 0 Å². The van der Waals surface area contributed by atoms with Crippen LogP contribution in [-0.4, -0.2) is 97.8 Å². The van der Waals surface area contributed by atoms with Gasteiger partial charge in [0.05, 0.1) is 17.9 Å². The number of aliphatic hydroxyl groups excluding tert-OH is 2. The van der Waals surface area contributed by atoms with Gasteiger partial charge in [0.15, 0.2) is 0 Å². The zero-order chi connectivity index (χ0) is 23.2. The van der Waals surface area contributed by atoms with Gasteiger partial charge in [0.25, 0.3) is 0 Å². The van der Waals surface area contributed by atoms with E-state index >= 15 is 0 Å². The van der Waals surface area contributed by atoms with Crippen molar-refractivity contribution in [3.8, 4) is 0 Å².